The van der Waals surface area contributed by atoms with Crippen LogP contribution in [-0.2, 0) is 4.79 Å². The van der Waals surface area contributed by atoms with Crippen LogP contribution in [0.5, 0.6) is 0 Å². The number of carbonyl (C=O) groups excluding carboxylic acids is 1. The van der Waals surface area contributed by atoms with E-state index in [1.54, 1.807) is 6.92 Å². The third kappa shape index (κ3) is 2.47. The molecule has 0 radical (unpaired) electrons. The predicted molar refractivity (Wildman–Crippen MR) is 66.6 cm³/mol. The number of nitrogens with zero attached hydrogens (tertiary/aromatic N) is 3. The molecule has 0 aliphatic carbocycles. The summed E-state index contributed by atoms with van der Waals surface area (Å²) in [5.41, 5.74) is 0.00729. The van der Waals surface area contributed by atoms with E-state index in [1.807, 2.05) is 4.90 Å². The molecule has 1 aromatic rings. The maximum absolute atomic E-state index is 11.6. The first-order chi connectivity index (χ1) is 8.59. The molecule has 1 fully saturated rings. The first kappa shape index (κ1) is 12.5. The Kier molecular flexibility index (Phi) is 3.55. The third-order valence-corrected chi connectivity index (χ3v) is 3.21. The smallest absolute Gasteiger partial charge is 0.274 e. The Morgan fingerprint density at radius 3 is 3.00 bits per heavy atom. The van der Waals surface area contributed by atoms with Crippen molar-refractivity contribution in [3.05, 3.63) is 28.4 Å². The molecule has 6 nitrogen and oxygen atoms in total. The summed E-state index contributed by atoms with van der Waals surface area (Å²) in [6.07, 6.45) is 4.20. The van der Waals surface area contributed by atoms with Crippen LogP contribution in [0.3, 0.4) is 0 Å². The molecule has 1 aromatic heterocycles. The summed E-state index contributed by atoms with van der Waals surface area (Å²) >= 11 is 0. The number of pyridine rings is 1. The lowest BCUT2D eigenvalue weighted by Crippen LogP contribution is -2.44. The Morgan fingerprint density at radius 2 is 2.33 bits per heavy atom. The minimum absolute atomic E-state index is 0.00729. The summed E-state index contributed by atoms with van der Waals surface area (Å²) < 4.78 is 0. The third-order valence-electron chi connectivity index (χ3n) is 3.21. The Morgan fingerprint density at radius 1 is 1.56 bits per heavy atom. The molecule has 0 amide bonds. The second-order valence-electron chi connectivity index (χ2n) is 4.44. The highest BCUT2D eigenvalue weighted by atomic mass is 16.6. The van der Waals surface area contributed by atoms with Crippen molar-refractivity contribution in [2.45, 2.75) is 32.2 Å². The predicted octanol–water partition coefficient (Wildman–Crippen LogP) is 1.94. The van der Waals surface area contributed by atoms with Crippen LogP contribution in [0.4, 0.5) is 11.5 Å². The Hall–Kier alpha value is -1.98. The highest BCUT2D eigenvalue weighted by molar-refractivity contribution is 5.85. The zero-order valence-electron chi connectivity index (χ0n) is 10.2. The van der Waals surface area contributed by atoms with Crippen molar-refractivity contribution < 1.29 is 9.72 Å². The molecule has 0 spiro atoms. The summed E-state index contributed by atoms with van der Waals surface area (Å²) in [7, 11) is 0. The summed E-state index contributed by atoms with van der Waals surface area (Å²) in [6, 6.07) is 2.59. The fraction of sp³-hybridized carbons (Fsp3) is 0.500. The van der Waals surface area contributed by atoms with E-state index in [0.717, 1.165) is 25.8 Å². The van der Waals surface area contributed by atoms with Gasteiger partial charge in [0.25, 0.3) is 5.69 Å². The van der Waals surface area contributed by atoms with Gasteiger partial charge in [-0.2, -0.15) is 0 Å². The van der Waals surface area contributed by atoms with E-state index in [4.69, 9.17) is 0 Å². The Bertz CT molecular complexity index is 475. The molecule has 1 aliphatic rings. The minimum Gasteiger partial charge on any atom is -0.346 e. The quantitative estimate of drug-likeness (QED) is 0.604. The molecule has 1 atom stereocenters. The fourth-order valence-electron chi connectivity index (χ4n) is 2.31. The van der Waals surface area contributed by atoms with Gasteiger partial charge in [0.05, 0.1) is 17.0 Å². The second kappa shape index (κ2) is 5.12. The van der Waals surface area contributed by atoms with Crippen molar-refractivity contribution in [2.24, 2.45) is 0 Å². The second-order valence-corrected chi connectivity index (χ2v) is 4.44. The molecule has 0 saturated carbocycles. The lowest BCUT2D eigenvalue weighted by atomic mass is 9.99. The van der Waals surface area contributed by atoms with Crippen LogP contribution in [0.25, 0.3) is 0 Å². The van der Waals surface area contributed by atoms with Crippen LogP contribution in [-0.4, -0.2) is 28.3 Å². The molecule has 1 unspecified atom stereocenters. The Labute approximate surface area is 105 Å². The number of anilines is 1. The topological polar surface area (TPSA) is 76.3 Å². The zero-order chi connectivity index (χ0) is 13.1. The highest BCUT2D eigenvalue weighted by Gasteiger charge is 2.27. The summed E-state index contributed by atoms with van der Waals surface area (Å²) in [6.45, 7) is 2.28. The van der Waals surface area contributed by atoms with Crippen molar-refractivity contribution in [2.75, 3.05) is 11.4 Å². The number of aromatic nitrogens is 1. The molecular formula is C12H15N3O3. The van der Waals surface area contributed by atoms with Gasteiger partial charge in [0, 0.05) is 18.8 Å². The van der Waals surface area contributed by atoms with E-state index in [0.29, 0.717) is 5.82 Å². The highest BCUT2D eigenvalue weighted by Crippen LogP contribution is 2.26. The summed E-state index contributed by atoms with van der Waals surface area (Å²) in [5, 5.41) is 10.7. The first-order valence-electron chi connectivity index (χ1n) is 5.97. The minimum atomic E-state index is -0.447. The SMILES string of the molecule is CC(=O)C1CCCCN1c1cc([N+](=O)[O-])ccn1. The molecule has 0 aromatic carbocycles. The average Bonchev–Trinajstić information content (AvgIpc) is 2.39. The largest absolute Gasteiger partial charge is 0.346 e. The Balaban J connectivity index is 2.30. The van der Waals surface area contributed by atoms with E-state index < -0.39 is 4.92 Å². The van der Waals surface area contributed by atoms with Gasteiger partial charge in [0.2, 0.25) is 0 Å². The van der Waals surface area contributed by atoms with Crippen molar-refractivity contribution >= 4 is 17.3 Å². The zero-order valence-corrected chi connectivity index (χ0v) is 10.2. The first-order valence-corrected chi connectivity index (χ1v) is 5.97. The van der Waals surface area contributed by atoms with Crippen LogP contribution < -0.4 is 4.90 Å². The average molecular weight is 249 g/mol. The van der Waals surface area contributed by atoms with E-state index in [-0.39, 0.29) is 17.5 Å². The van der Waals surface area contributed by atoms with E-state index >= 15 is 0 Å². The van der Waals surface area contributed by atoms with Gasteiger partial charge < -0.3 is 4.90 Å². The fourth-order valence-corrected chi connectivity index (χ4v) is 2.31. The number of piperidine rings is 1. The van der Waals surface area contributed by atoms with E-state index in [1.165, 1.54) is 18.3 Å². The van der Waals surface area contributed by atoms with Crippen molar-refractivity contribution in [3.8, 4) is 0 Å². The maximum Gasteiger partial charge on any atom is 0.274 e. The van der Waals surface area contributed by atoms with Gasteiger partial charge in [-0.3, -0.25) is 14.9 Å². The van der Waals surface area contributed by atoms with Gasteiger partial charge in [-0.15, -0.1) is 0 Å². The van der Waals surface area contributed by atoms with Gasteiger partial charge in [-0.25, -0.2) is 4.98 Å². The molecule has 6 heteroatoms. The van der Waals surface area contributed by atoms with E-state index in [9.17, 15) is 14.9 Å². The van der Waals surface area contributed by atoms with Gasteiger partial charge >= 0.3 is 0 Å². The lowest BCUT2D eigenvalue weighted by molar-refractivity contribution is -0.384. The van der Waals surface area contributed by atoms with Gasteiger partial charge in [-0.05, 0) is 26.2 Å². The standard InChI is InChI=1S/C12H15N3O3/c1-9(16)11-4-2-3-7-14(11)12-8-10(15(17)18)5-6-13-12/h5-6,8,11H,2-4,7H2,1H3. The van der Waals surface area contributed by atoms with Gasteiger partial charge in [0.15, 0.2) is 5.78 Å². The number of nitro groups is 1. The van der Waals surface area contributed by atoms with E-state index in [2.05, 4.69) is 4.98 Å². The molecule has 1 aliphatic heterocycles. The van der Waals surface area contributed by atoms with Crippen molar-refractivity contribution in [1.82, 2.24) is 4.98 Å². The van der Waals surface area contributed by atoms with Crippen LogP contribution in [0.2, 0.25) is 0 Å². The summed E-state index contributed by atoms with van der Waals surface area (Å²) in [5.74, 6) is 0.604. The lowest BCUT2D eigenvalue weighted by Gasteiger charge is -2.34. The molecular weight excluding hydrogens is 234 g/mol. The molecule has 0 bridgehead atoms. The summed E-state index contributed by atoms with van der Waals surface area (Å²) in [4.78, 5) is 27.9. The number of carbonyl (C=O) groups is 1. The molecule has 1 saturated heterocycles. The number of hydrogen-bond donors (Lipinski definition) is 0. The molecule has 0 N–H and O–H groups in total. The maximum atomic E-state index is 11.6. The molecule has 96 valence electrons. The monoisotopic (exact) mass is 249 g/mol. The van der Waals surface area contributed by atoms with Gasteiger partial charge in [0.1, 0.15) is 5.82 Å². The molecule has 2 rings (SSSR count). The number of hydrogen-bond acceptors (Lipinski definition) is 5. The normalized spacial score (nSPS) is 19.6. The molecule has 2 heterocycles. The number of rotatable bonds is 3. The van der Waals surface area contributed by atoms with Crippen molar-refractivity contribution in [3.63, 3.8) is 0 Å². The number of Topliss-reactive ketones (excluding diaryl/α,β-unsaturated/α-hetero) is 1. The van der Waals surface area contributed by atoms with Crippen molar-refractivity contribution in [1.29, 1.82) is 0 Å². The van der Waals surface area contributed by atoms with Crippen LogP contribution in [0.15, 0.2) is 18.3 Å². The van der Waals surface area contributed by atoms with Crippen LogP contribution >= 0.6 is 0 Å². The molecule has 18 heavy (non-hydrogen) atoms. The van der Waals surface area contributed by atoms with Crippen LogP contribution in [0, 0.1) is 10.1 Å². The van der Waals surface area contributed by atoms with Crippen LogP contribution in [0.1, 0.15) is 26.2 Å². The number of ketones is 1. The van der Waals surface area contributed by atoms with Gasteiger partial charge in [-0.1, -0.05) is 0 Å².